The van der Waals surface area contributed by atoms with Gasteiger partial charge in [-0.2, -0.15) is 0 Å². The Morgan fingerprint density at radius 2 is 1.56 bits per heavy atom. The maximum atomic E-state index is 5.86. The van der Waals surface area contributed by atoms with Crippen molar-refractivity contribution in [3.05, 3.63) is 63.9 Å². The van der Waals surface area contributed by atoms with Gasteiger partial charge in [-0.05, 0) is 36.4 Å². The Balaban J connectivity index is 1.94. The number of hydrogen-bond donors (Lipinski definition) is 0. The lowest BCUT2D eigenvalue weighted by atomic mass is 10.2. The van der Waals surface area contributed by atoms with E-state index in [0.29, 0.717) is 5.15 Å². The van der Waals surface area contributed by atoms with Crippen LogP contribution in [-0.4, -0.2) is 16.9 Å². The SMILES string of the molecule is CN(Cc1ccc(Cl)cc1)Cc1ccc(Cl)nc1. The summed E-state index contributed by atoms with van der Waals surface area (Å²) in [5.41, 5.74) is 2.39. The molecular formula is C14H14Cl2N2. The third-order valence-electron chi connectivity index (χ3n) is 2.61. The molecule has 0 aliphatic rings. The number of nitrogens with zero attached hydrogens (tertiary/aromatic N) is 2. The highest BCUT2D eigenvalue weighted by Crippen LogP contribution is 2.13. The number of hydrogen-bond acceptors (Lipinski definition) is 2. The van der Waals surface area contributed by atoms with Crippen LogP contribution < -0.4 is 0 Å². The minimum Gasteiger partial charge on any atom is -0.298 e. The summed E-state index contributed by atoms with van der Waals surface area (Å²) < 4.78 is 0. The Bertz CT molecular complexity index is 447. The monoisotopic (exact) mass is 280 g/mol. The fourth-order valence-electron chi connectivity index (χ4n) is 1.77. The lowest BCUT2D eigenvalue weighted by Crippen LogP contribution is -2.17. The molecule has 1 heterocycles. The van der Waals surface area contributed by atoms with Gasteiger partial charge < -0.3 is 0 Å². The van der Waals surface area contributed by atoms with Crippen LogP contribution in [0.15, 0.2) is 42.6 Å². The molecule has 0 fully saturated rings. The summed E-state index contributed by atoms with van der Waals surface area (Å²) in [5, 5.41) is 1.29. The van der Waals surface area contributed by atoms with E-state index in [9.17, 15) is 0 Å². The van der Waals surface area contributed by atoms with E-state index in [1.165, 1.54) is 5.56 Å². The number of aromatic nitrogens is 1. The van der Waals surface area contributed by atoms with Crippen LogP contribution in [0.25, 0.3) is 0 Å². The summed E-state index contributed by atoms with van der Waals surface area (Å²) in [5.74, 6) is 0. The van der Waals surface area contributed by atoms with Crippen molar-refractivity contribution in [3.63, 3.8) is 0 Å². The molecule has 2 rings (SSSR count). The second-order valence-corrected chi connectivity index (χ2v) is 5.11. The fourth-order valence-corrected chi connectivity index (χ4v) is 2.01. The maximum absolute atomic E-state index is 5.86. The predicted octanol–water partition coefficient (Wildman–Crippen LogP) is 4.02. The zero-order chi connectivity index (χ0) is 13.0. The van der Waals surface area contributed by atoms with Crippen molar-refractivity contribution < 1.29 is 0 Å². The average Bonchev–Trinajstić information content (AvgIpc) is 2.35. The first-order valence-corrected chi connectivity index (χ1v) is 6.42. The molecule has 0 aliphatic heterocycles. The minimum absolute atomic E-state index is 0.527. The van der Waals surface area contributed by atoms with Crippen molar-refractivity contribution in [1.29, 1.82) is 0 Å². The Kier molecular flexibility index (Phi) is 4.59. The second kappa shape index (κ2) is 6.19. The van der Waals surface area contributed by atoms with Crippen LogP contribution in [0.2, 0.25) is 10.2 Å². The van der Waals surface area contributed by atoms with Crippen LogP contribution in [-0.2, 0) is 13.1 Å². The zero-order valence-corrected chi connectivity index (χ0v) is 11.6. The quantitative estimate of drug-likeness (QED) is 0.787. The average molecular weight is 281 g/mol. The molecule has 0 atom stereocenters. The first-order valence-electron chi connectivity index (χ1n) is 5.67. The Morgan fingerprint density at radius 3 is 2.17 bits per heavy atom. The topological polar surface area (TPSA) is 16.1 Å². The number of rotatable bonds is 4. The van der Waals surface area contributed by atoms with E-state index in [4.69, 9.17) is 23.2 Å². The summed E-state index contributed by atoms with van der Waals surface area (Å²) in [6.07, 6.45) is 1.81. The zero-order valence-electron chi connectivity index (χ0n) is 10.1. The van der Waals surface area contributed by atoms with Gasteiger partial charge >= 0.3 is 0 Å². The highest BCUT2D eigenvalue weighted by molar-refractivity contribution is 6.30. The predicted molar refractivity (Wildman–Crippen MR) is 75.9 cm³/mol. The summed E-state index contributed by atoms with van der Waals surface area (Å²) in [7, 11) is 2.07. The molecule has 94 valence electrons. The normalized spacial score (nSPS) is 10.9. The third-order valence-corrected chi connectivity index (χ3v) is 3.08. The molecule has 0 spiro atoms. The molecule has 1 aromatic carbocycles. The first-order chi connectivity index (χ1) is 8.63. The first kappa shape index (κ1) is 13.3. The van der Waals surface area contributed by atoms with Crippen LogP contribution in [0.1, 0.15) is 11.1 Å². The van der Waals surface area contributed by atoms with Crippen molar-refractivity contribution in [2.24, 2.45) is 0 Å². The molecule has 1 aromatic heterocycles. The lowest BCUT2D eigenvalue weighted by molar-refractivity contribution is 0.318. The maximum Gasteiger partial charge on any atom is 0.129 e. The van der Waals surface area contributed by atoms with E-state index in [-0.39, 0.29) is 0 Å². The highest BCUT2D eigenvalue weighted by Gasteiger charge is 2.02. The van der Waals surface area contributed by atoms with Gasteiger partial charge in [-0.15, -0.1) is 0 Å². The molecule has 0 saturated carbocycles. The van der Waals surface area contributed by atoms with E-state index in [1.807, 2.05) is 36.4 Å². The summed E-state index contributed by atoms with van der Waals surface area (Å²) in [4.78, 5) is 6.29. The summed E-state index contributed by atoms with van der Waals surface area (Å²) >= 11 is 11.6. The van der Waals surface area contributed by atoms with Gasteiger partial charge in [-0.3, -0.25) is 4.90 Å². The molecule has 2 aromatic rings. The molecule has 0 radical (unpaired) electrons. The van der Waals surface area contributed by atoms with Gasteiger partial charge in [0.15, 0.2) is 0 Å². The molecule has 4 heteroatoms. The Morgan fingerprint density at radius 1 is 0.944 bits per heavy atom. The van der Waals surface area contributed by atoms with Crippen molar-refractivity contribution in [1.82, 2.24) is 9.88 Å². The third kappa shape index (κ3) is 3.98. The molecule has 0 unspecified atom stereocenters. The van der Waals surface area contributed by atoms with Gasteiger partial charge in [-0.25, -0.2) is 4.98 Å². The number of benzene rings is 1. The van der Waals surface area contributed by atoms with E-state index in [2.05, 4.69) is 16.9 Å². The van der Waals surface area contributed by atoms with Gasteiger partial charge in [0.1, 0.15) is 5.15 Å². The van der Waals surface area contributed by atoms with Crippen LogP contribution in [0, 0.1) is 0 Å². The Labute approximate surface area is 117 Å². The van der Waals surface area contributed by atoms with Gasteiger partial charge in [0, 0.05) is 24.3 Å². The van der Waals surface area contributed by atoms with E-state index >= 15 is 0 Å². The van der Waals surface area contributed by atoms with Crippen LogP contribution in [0.3, 0.4) is 0 Å². The molecule has 0 amide bonds. The molecular weight excluding hydrogens is 267 g/mol. The molecule has 0 N–H and O–H groups in total. The lowest BCUT2D eigenvalue weighted by Gasteiger charge is -2.16. The second-order valence-electron chi connectivity index (χ2n) is 4.29. The van der Waals surface area contributed by atoms with Gasteiger partial charge in [0.05, 0.1) is 0 Å². The van der Waals surface area contributed by atoms with E-state index < -0.39 is 0 Å². The molecule has 18 heavy (non-hydrogen) atoms. The minimum atomic E-state index is 0.527. The molecule has 0 bridgehead atoms. The number of pyridine rings is 1. The van der Waals surface area contributed by atoms with Crippen LogP contribution in [0.5, 0.6) is 0 Å². The largest absolute Gasteiger partial charge is 0.298 e. The highest BCUT2D eigenvalue weighted by atomic mass is 35.5. The van der Waals surface area contributed by atoms with Crippen molar-refractivity contribution in [3.8, 4) is 0 Å². The molecule has 0 aliphatic carbocycles. The van der Waals surface area contributed by atoms with E-state index in [1.54, 1.807) is 6.20 Å². The van der Waals surface area contributed by atoms with Crippen LogP contribution >= 0.6 is 23.2 Å². The van der Waals surface area contributed by atoms with Crippen molar-refractivity contribution in [2.75, 3.05) is 7.05 Å². The van der Waals surface area contributed by atoms with Gasteiger partial charge in [0.25, 0.3) is 0 Å². The summed E-state index contributed by atoms with van der Waals surface area (Å²) in [6, 6.07) is 11.7. The number of halogens is 2. The molecule has 2 nitrogen and oxygen atoms in total. The Hall–Kier alpha value is -1.09. The van der Waals surface area contributed by atoms with Crippen molar-refractivity contribution in [2.45, 2.75) is 13.1 Å². The van der Waals surface area contributed by atoms with Gasteiger partial charge in [0.2, 0.25) is 0 Å². The van der Waals surface area contributed by atoms with Crippen LogP contribution in [0.4, 0.5) is 0 Å². The van der Waals surface area contributed by atoms with Crippen molar-refractivity contribution >= 4 is 23.2 Å². The molecule has 0 saturated heterocycles. The standard InChI is InChI=1S/C14H14Cl2N2/c1-18(9-11-2-5-13(15)6-3-11)10-12-4-7-14(16)17-8-12/h2-8H,9-10H2,1H3. The smallest absolute Gasteiger partial charge is 0.129 e. The van der Waals surface area contributed by atoms with E-state index in [0.717, 1.165) is 23.7 Å². The fraction of sp³-hybridized carbons (Fsp3) is 0.214. The summed E-state index contributed by atoms with van der Waals surface area (Å²) in [6.45, 7) is 1.71. The van der Waals surface area contributed by atoms with Gasteiger partial charge in [-0.1, -0.05) is 41.4 Å².